The van der Waals surface area contributed by atoms with Crippen LogP contribution in [-0.4, -0.2) is 21.1 Å². The molecule has 82 valence electrons. The molecular formula is C12H13N3O. The first-order valence-electron chi connectivity index (χ1n) is 5.26. The van der Waals surface area contributed by atoms with Crippen LogP contribution in [0.25, 0.3) is 11.3 Å². The zero-order valence-corrected chi connectivity index (χ0v) is 9.13. The van der Waals surface area contributed by atoms with E-state index in [2.05, 4.69) is 10.1 Å². The van der Waals surface area contributed by atoms with Crippen LogP contribution in [0.1, 0.15) is 12.6 Å². The number of pyridine rings is 1. The van der Waals surface area contributed by atoms with Crippen molar-refractivity contribution in [3.8, 4) is 11.3 Å². The molecule has 2 rings (SSSR count). The largest absolute Gasteiger partial charge is 0.301 e. The fourth-order valence-corrected chi connectivity index (χ4v) is 1.62. The smallest absolute Gasteiger partial charge is 0.141 e. The molecule has 0 aliphatic heterocycles. The fourth-order valence-electron chi connectivity index (χ4n) is 1.62. The Balaban J connectivity index is 2.39. The van der Waals surface area contributed by atoms with E-state index >= 15 is 0 Å². The Kier molecular flexibility index (Phi) is 3.10. The zero-order chi connectivity index (χ0) is 11.4. The lowest BCUT2D eigenvalue weighted by Crippen LogP contribution is -2.04. The third kappa shape index (κ3) is 2.00. The second-order valence-electron chi connectivity index (χ2n) is 3.46. The molecule has 0 unspecified atom stereocenters. The topological polar surface area (TPSA) is 47.8 Å². The maximum absolute atomic E-state index is 10.5. The Labute approximate surface area is 93.9 Å². The van der Waals surface area contributed by atoms with Crippen molar-refractivity contribution in [3.63, 3.8) is 0 Å². The van der Waals surface area contributed by atoms with Crippen LogP contribution in [0.15, 0.2) is 30.6 Å². The Morgan fingerprint density at radius 2 is 2.38 bits per heavy atom. The van der Waals surface area contributed by atoms with E-state index < -0.39 is 0 Å². The number of hydrogen-bond acceptors (Lipinski definition) is 3. The van der Waals surface area contributed by atoms with Gasteiger partial charge in [0.25, 0.3) is 0 Å². The number of carbonyl (C=O) groups is 1. The molecule has 2 aromatic heterocycles. The molecule has 0 saturated heterocycles. The predicted octanol–water partition coefficient (Wildman–Crippen LogP) is 1.71. The molecule has 0 aromatic carbocycles. The number of aromatic nitrogens is 3. The van der Waals surface area contributed by atoms with Gasteiger partial charge < -0.3 is 4.79 Å². The van der Waals surface area contributed by atoms with Gasteiger partial charge in [-0.05, 0) is 24.6 Å². The highest BCUT2D eigenvalue weighted by atomic mass is 16.1. The highest BCUT2D eigenvalue weighted by Gasteiger charge is 2.07. The summed E-state index contributed by atoms with van der Waals surface area (Å²) in [5, 5.41) is 4.39. The summed E-state index contributed by atoms with van der Waals surface area (Å²) in [6.45, 7) is 2.36. The minimum Gasteiger partial charge on any atom is -0.301 e. The molecule has 0 aliphatic carbocycles. The molecule has 16 heavy (non-hydrogen) atoms. The third-order valence-electron chi connectivity index (χ3n) is 2.43. The van der Waals surface area contributed by atoms with E-state index in [1.54, 1.807) is 17.1 Å². The lowest BCUT2D eigenvalue weighted by atomic mass is 10.2. The molecule has 4 nitrogen and oxygen atoms in total. The molecule has 0 N–H and O–H groups in total. The van der Waals surface area contributed by atoms with Crippen LogP contribution >= 0.6 is 0 Å². The Bertz CT molecular complexity index is 476. The number of carbonyl (C=O) groups excluding carboxylic acids is 1. The van der Waals surface area contributed by atoms with E-state index in [4.69, 9.17) is 0 Å². The maximum Gasteiger partial charge on any atom is 0.141 e. The van der Waals surface area contributed by atoms with E-state index in [1.807, 2.05) is 25.1 Å². The summed E-state index contributed by atoms with van der Waals surface area (Å²) >= 11 is 0. The van der Waals surface area contributed by atoms with Crippen molar-refractivity contribution in [1.82, 2.24) is 14.8 Å². The van der Waals surface area contributed by atoms with Crippen LogP contribution < -0.4 is 0 Å². The van der Waals surface area contributed by atoms with E-state index in [1.165, 1.54) is 0 Å². The Morgan fingerprint density at radius 3 is 3.00 bits per heavy atom. The van der Waals surface area contributed by atoms with Gasteiger partial charge in [-0.1, -0.05) is 6.92 Å². The van der Waals surface area contributed by atoms with Crippen molar-refractivity contribution in [2.75, 3.05) is 0 Å². The van der Waals surface area contributed by atoms with Crippen molar-refractivity contribution in [3.05, 3.63) is 36.3 Å². The minimum atomic E-state index is 0.309. The number of hydrogen-bond donors (Lipinski definition) is 0. The van der Waals surface area contributed by atoms with Gasteiger partial charge in [0.15, 0.2) is 0 Å². The minimum absolute atomic E-state index is 0.309. The van der Waals surface area contributed by atoms with Gasteiger partial charge in [0.2, 0.25) is 0 Å². The number of aldehydes is 1. The molecule has 2 heterocycles. The molecule has 2 aromatic rings. The summed E-state index contributed by atoms with van der Waals surface area (Å²) in [5.74, 6) is 0. The molecule has 0 saturated carbocycles. The Morgan fingerprint density at radius 1 is 1.50 bits per heavy atom. The van der Waals surface area contributed by atoms with Crippen LogP contribution in [0.5, 0.6) is 0 Å². The molecular weight excluding hydrogens is 202 g/mol. The van der Waals surface area contributed by atoms with Gasteiger partial charge in [-0.15, -0.1) is 0 Å². The van der Waals surface area contributed by atoms with Crippen molar-refractivity contribution >= 4 is 6.29 Å². The summed E-state index contributed by atoms with van der Waals surface area (Å²) in [6, 6.07) is 5.83. The van der Waals surface area contributed by atoms with Gasteiger partial charge in [-0.3, -0.25) is 9.67 Å². The highest BCUT2D eigenvalue weighted by molar-refractivity contribution is 5.58. The van der Waals surface area contributed by atoms with Gasteiger partial charge in [-0.25, -0.2) is 0 Å². The van der Waals surface area contributed by atoms with Crippen LogP contribution in [0.2, 0.25) is 0 Å². The monoisotopic (exact) mass is 215 g/mol. The van der Waals surface area contributed by atoms with Crippen LogP contribution in [-0.2, 0) is 17.8 Å². The highest BCUT2D eigenvalue weighted by Crippen LogP contribution is 2.17. The summed E-state index contributed by atoms with van der Waals surface area (Å²) in [4.78, 5) is 14.6. The molecule has 0 aliphatic rings. The SMILES string of the molecule is CCc1cc(-c2cccnc2)nn1CC=O. The number of aryl methyl sites for hydroxylation is 1. The normalized spacial score (nSPS) is 10.3. The van der Waals surface area contributed by atoms with Gasteiger partial charge in [0, 0.05) is 23.7 Å². The lowest BCUT2D eigenvalue weighted by molar-refractivity contribution is -0.108. The van der Waals surface area contributed by atoms with Gasteiger partial charge in [0.1, 0.15) is 6.29 Å². The second-order valence-corrected chi connectivity index (χ2v) is 3.46. The van der Waals surface area contributed by atoms with Crippen molar-refractivity contribution in [2.45, 2.75) is 19.9 Å². The summed E-state index contributed by atoms with van der Waals surface area (Å²) in [7, 11) is 0. The van der Waals surface area contributed by atoms with Gasteiger partial charge >= 0.3 is 0 Å². The standard InChI is InChI=1S/C12H13N3O/c1-2-11-8-12(14-15(11)6-7-16)10-4-3-5-13-9-10/h3-5,7-9H,2,6H2,1H3. The molecule has 4 heteroatoms. The van der Waals surface area contributed by atoms with Crippen LogP contribution in [0.4, 0.5) is 0 Å². The third-order valence-corrected chi connectivity index (χ3v) is 2.43. The lowest BCUT2D eigenvalue weighted by Gasteiger charge is -1.98. The molecule has 0 atom stereocenters. The first-order chi connectivity index (χ1) is 7.85. The molecule has 0 spiro atoms. The van der Waals surface area contributed by atoms with Gasteiger partial charge in [0.05, 0.1) is 12.2 Å². The number of nitrogens with zero attached hydrogens (tertiary/aromatic N) is 3. The Hall–Kier alpha value is -1.97. The van der Waals surface area contributed by atoms with Crippen LogP contribution in [0, 0.1) is 0 Å². The molecule has 0 bridgehead atoms. The summed E-state index contributed by atoms with van der Waals surface area (Å²) < 4.78 is 1.73. The predicted molar refractivity (Wildman–Crippen MR) is 60.9 cm³/mol. The number of rotatable bonds is 4. The van der Waals surface area contributed by atoms with E-state index in [0.29, 0.717) is 6.54 Å². The summed E-state index contributed by atoms with van der Waals surface area (Å²) in [6.07, 6.45) is 5.22. The maximum atomic E-state index is 10.5. The summed E-state index contributed by atoms with van der Waals surface area (Å²) in [5.41, 5.74) is 2.90. The van der Waals surface area contributed by atoms with Crippen molar-refractivity contribution in [2.24, 2.45) is 0 Å². The quantitative estimate of drug-likeness (QED) is 0.729. The first-order valence-corrected chi connectivity index (χ1v) is 5.26. The molecule has 0 radical (unpaired) electrons. The zero-order valence-electron chi connectivity index (χ0n) is 9.13. The molecule has 0 amide bonds. The molecule has 0 fully saturated rings. The van der Waals surface area contributed by atoms with Gasteiger partial charge in [-0.2, -0.15) is 5.10 Å². The second kappa shape index (κ2) is 4.70. The van der Waals surface area contributed by atoms with Crippen molar-refractivity contribution < 1.29 is 4.79 Å². The average molecular weight is 215 g/mol. The van der Waals surface area contributed by atoms with Crippen molar-refractivity contribution in [1.29, 1.82) is 0 Å². The van der Waals surface area contributed by atoms with E-state index in [0.717, 1.165) is 29.7 Å². The average Bonchev–Trinajstić information content (AvgIpc) is 2.74. The first kappa shape index (κ1) is 10.5. The fraction of sp³-hybridized carbons (Fsp3) is 0.250. The van der Waals surface area contributed by atoms with E-state index in [-0.39, 0.29) is 0 Å². The van der Waals surface area contributed by atoms with Crippen LogP contribution in [0.3, 0.4) is 0 Å². The van der Waals surface area contributed by atoms with E-state index in [9.17, 15) is 4.79 Å².